The molecule has 4 nitrogen and oxygen atoms in total. The number of carbonyl (C=O) groups is 1. The van der Waals surface area contributed by atoms with Gasteiger partial charge in [-0.1, -0.05) is 0 Å². The Morgan fingerprint density at radius 1 is 1.20 bits per heavy atom. The molecule has 0 saturated heterocycles. The first kappa shape index (κ1) is 11.5. The van der Waals surface area contributed by atoms with E-state index in [2.05, 4.69) is 5.32 Å². The van der Waals surface area contributed by atoms with Gasteiger partial charge in [0.1, 0.15) is 0 Å². The molecule has 0 heterocycles. The summed E-state index contributed by atoms with van der Waals surface area (Å²) in [5, 5.41) is 3.24. The van der Waals surface area contributed by atoms with E-state index in [4.69, 9.17) is 11.5 Å². The third-order valence-electron chi connectivity index (χ3n) is 2.13. The van der Waals surface area contributed by atoms with Gasteiger partial charge in [0.05, 0.1) is 0 Å². The monoisotopic (exact) mass is 207 g/mol. The summed E-state index contributed by atoms with van der Waals surface area (Å²) in [5.41, 5.74) is 12.0. The summed E-state index contributed by atoms with van der Waals surface area (Å²) in [6.45, 7) is 1.62. The molecule has 1 rings (SSSR count). The van der Waals surface area contributed by atoms with E-state index in [-0.39, 0.29) is 0 Å². The Morgan fingerprint density at radius 3 is 2.40 bits per heavy atom. The third-order valence-corrected chi connectivity index (χ3v) is 2.13. The van der Waals surface area contributed by atoms with Crippen LogP contribution in [0.5, 0.6) is 0 Å². The van der Waals surface area contributed by atoms with Gasteiger partial charge >= 0.3 is 0 Å². The standard InChI is InChI=1S/C11H17N3O/c12-7-1-2-8-14-10-5-3-9(4-6-10)11(13)15/h3-6,14H,1-2,7-8,12H2,(H2,13,15). The van der Waals surface area contributed by atoms with E-state index >= 15 is 0 Å². The van der Waals surface area contributed by atoms with Crippen molar-refractivity contribution in [2.24, 2.45) is 11.5 Å². The Labute approximate surface area is 89.6 Å². The first-order valence-corrected chi connectivity index (χ1v) is 5.08. The molecule has 5 N–H and O–H groups in total. The first-order valence-electron chi connectivity index (χ1n) is 5.08. The summed E-state index contributed by atoms with van der Waals surface area (Å²) < 4.78 is 0. The SMILES string of the molecule is NCCCCNc1ccc(C(N)=O)cc1. The minimum absolute atomic E-state index is 0.398. The van der Waals surface area contributed by atoms with E-state index in [1.54, 1.807) is 12.1 Å². The second-order valence-electron chi connectivity index (χ2n) is 3.36. The topological polar surface area (TPSA) is 81.1 Å². The molecular weight excluding hydrogens is 190 g/mol. The lowest BCUT2D eigenvalue weighted by atomic mass is 10.2. The summed E-state index contributed by atoms with van der Waals surface area (Å²) >= 11 is 0. The van der Waals surface area contributed by atoms with Crippen LogP contribution in [-0.2, 0) is 0 Å². The average Bonchev–Trinajstić information content (AvgIpc) is 2.25. The van der Waals surface area contributed by atoms with E-state index < -0.39 is 5.91 Å². The molecule has 82 valence electrons. The molecule has 1 aromatic carbocycles. The summed E-state index contributed by atoms with van der Waals surface area (Å²) in [6.07, 6.45) is 2.07. The molecule has 0 unspecified atom stereocenters. The molecule has 0 aliphatic heterocycles. The van der Waals surface area contributed by atoms with Crippen molar-refractivity contribution in [1.82, 2.24) is 0 Å². The van der Waals surface area contributed by atoms with Crippen LogP contribution in [0.1, 0.15) is 23.2 Å². The minimum Gasteiger partial charge on any atom is -0.385 e. The summed E-state index contributed by atoms with van der Waals surface area (Å²) in [4.78, 5) is 10.8. The molecule has 0 fully saturated rings. The van der Waals surface area contributed by atoms with Crippen molar-refractivity contribution in [2.75, 3.05) is 18.4 Å². The summed E-state index contributed by atoms with van der Waals surface area (Å²) in [5.74, 6) is -0.398. The fraction of sp³-hybridized carbons (Fsp3) is 0.364. The number of hydrogen-bond acceptors (Lipinski definition) is 3. The molecule has 0 aliphatic carbocycles. The molecule has 0 aromatic heterocycles. The van der Waals surface area contributed by atoms with Crippen LogP contribution in [0.4, 0.5) is 5.69 Å². The summed E-state index contributed by atoms with van der Waals surface area (Å²) in [6, 6.07) is 7.13. The largest absolute Gasteiger partial charge is 0.385 e. The Kier molecular flexibility index (Phi) is 4.63. The quantitative estimate of drug-likeness (QED) is 0.607. The van der Waals surface area contributed by atoms with Gasteiger partial charge in [-0.25, -0.2) is 0 Å². The van der Waals surface area contributed by atoms with E-state index in [9.17, 15) is 4.79 Å². The van der Waals surface area contributed by atoms with Gasteiger partial charge in [0.2, 0.25) is 5.91 Å². The highest BCUT2D eigenvalue weighted by molar-refractivity contribution is 5.93. The van der Waals surface area contributed by atoms with Gasteiger partial charge < -0.3 is 16.8 Å². The predicted octanol–water partition coefficient (Wildman–Crippen LogP) is 0.936. The third kappa shape index (κ3) is 3.99. The van der Waals surface area contributed by atoms with Crippen molar-refractivity contribution in [1.29, 1.82) is 0 Å². The fourth-order valence-corrected chi connectivity index (χ4v) is 1.25. The zero-order valence-corrected chi connectivity index (χ0v) is 8.70. The Balaban J connectivity index is 2.39. The van der Waals surface area contributed by atoms with Crippen molar-refractivity contribution >= 4 is 11.6 Å². The van der Waals surface area contributed by atoms with Crippen LogP contribution in [-0.4, -0.2) is 19.0 Å². The van der Waals surface area contributed by atoms with Crippen LogP contribution in [0, 0.1) is 0 Å². The maximum Gasteiger partial charge on any atom is 0.248 e. The molecule has 15 heavy (non-hydrogen) atoms. The second-order valence-corrected chi connectivity index (χ2v) is 3.36. The lowest BCUT2D eigenvalue weighted by Crippen LogP contribution is -2.11. The van der Waals surface area contributed by atoms with Gasteiger partial charge in [-0.3, -0.25) is 4.79 Å². The molecule has 0 aliphatic rings. The maximum atomic E-state index is 10.8. The van der Waals surface area contributed by atoms with Crippen molar-refractivity contribution < 1.29 is 4.79 Å². The van der Waals surface area contributed by atoms with Crippen molar-refractivity contribution in [3.05, 3.63) is 29.8 Å². The molecule has 0 atom stereocenters. The van der Waals surface area contributed by atoms with Gasteiger partial charge in [-0.05, 0) is 43.7 Å². The van der Waals surface area contributed by atoms with E-state index in [0.29, 0.717) is 5.56 Å². The molecular formula is C11H17N3O. The summed E-state index contributed by atoms with van der Waals surface area (Å²) in [7, 11) is 0. The number of nitrogens with two attached hydrogens (primary N) is 2. The lowest BCUT2D eigenvalue weighted by Gasteiger charge is -2.05. The van der Waals surface area contributed by atoms with Crippen LogP contribution in [0.25, 0.3) is 0 Å². The van der Waals surface area contributed by atoms with E-state index in [1.807, 2.05) is 12.1 Å². The Morgan fingerprint density at radius 2 is 1.87 bits per heavy atom. The number of carbonyl (C=O) groups excluding carboxylic acids is 1. The maximum absolute atomic E-state index is 10.8. The lowest BCUT2D eigenvalue weighted by molar-refractivity contribution is 0.100. The van der Waals surface area contributed by atoms with Gasteiger partial charge in [0, 0.05) is 17.8 Å². The number of nitrogens with one attached hydrogen (secondary N) is 1. The first-order chi connectivity index (χ1) is 7.24. The molecule has 4 heteroatoms. The fourth-order valence-electron chi connectivity index (χ4n) is 1.25. The number of anilines is 1. The molecule has 1 amide bonds. The average molecular weight is 207 g/mol. The Bertz CT molecular complexity index is 308. The second kappa shape index (κ2) is 6.03. The van der Waals surface area contributed by atoms with Crippen LogP contribution in [0.15, 0.2) is 24.3 Å². The van der Waals surface area contributed by atoms with Crippen LogP contribution >= 0.6 is 0 Å². The van der Waals surface area contributed by atoms with Gasteiger partial charge in [-0.2, -0.15) is 0 Å². The Hall–Kier alpha value is -1.55. The van der Waals surface area contributed by atoms with Crippen molar-refractivity contribution in [3.8, 4) is 0 Å². The number of unbranched alkanes of at least 4 members (excludes halogenated alkanes) is 1. The molecule has 0 bridgehead atoms. The predicted molar refractivity (Wildman–Crippen MR) is 61.7 cm³/mol. The molecule has 0 spiro atoms. The highest BCUT2D eigenvalue weighted by atomic mass is 16.1. The molecule has 0 saturated carbocycles. The smallest absolute Gasteiger partial charge is 0.248 e. The van der Waals surface area contributed by atoms with Gasteiger partial charge in [-0.15, -0.1) is 0 Å². The van der Waals surface area contributed by atoms with E-state index in [0.717, 1.165) is 31.6 Å². The van der Waals surface area contributed by atoms with Crippen LogP contribution in [0.3, 0.4) is 0 Å². The van der Waals surface area contributed by atoms with E-state index in [1.165, 1.54) is 0 Å². The number of primary amides is 1. The minimum atomic E-state index is -0.398. The normalized spacial score (nSPS) is 9.93. The highest BCUT2D eigenvalue weighted by Crippen LogP contribution is 2.08. The highest BCUT2D eigenvalue weighted by Gasteiger charge is 1.98. The number of hydrogen-bond donors (Lipinski definition) is 3. The number of amides is 1. The van der Waals surface area contributed by atoms with Crippen LogP contribution < -0.4 is 16.8 Å². The molecule has 1 aromatic rings. The number of benzene rings is 1. The van der Waals surface area contributed by atoms with Gasteiger partial charge in [0.25, 0.3) is 0 Å². The van der Waals surface area contributed by atoms with Crippen LogP contribution in [0.2, 0.25) is 0 Å². The van der Waals surface area contributed by atoms with Crippen molar-refractivity contribution in [2.45, 2.75) is 12.8 Å². The zero-order valence-electron chi connectivity index (χ0n) is 8.70. The van der Waals surface area contributed by atoms with Gasteiger partial charge in [0.15, 0.2) is 0 Å². The number of rotatable bonds is 6. The van der Waals surface area contributed by atoms with Crippen molar-refractivity contribution in [3.63, 3.8) is 0 Å². The molecule has 0 radical (unpaired) electrons. The zero-order chi connectivity index (χ0) is 11.1.